The Morgan fingerprint density at radius 2 is 1.88 bits per heavy atom. The van der Waals surface area contributed by atoms with Gasteiger partial charge in [-0.25, -0.2) is 9.97 Å². The van der Waals surface area contributed by atoms with Gasteiger partial charge in [-0.05, 0) is 18.2 Å². The summed E-state index contributed by atoms with van der Waals surface area (Å²) < 4.78 is 2.60. The standard InChI is InChI=1S/C14H8N2S/c1-2-4-11-10(3-1)13-12(17-11)6-5-9-7-15-8-16-14(9)13/h1-8H. The number of hydrogen-bond donors (Lipinski definition) is 0. The highest BCUT2D eigenvalue weighted by molar-refractivity contribution is 7.26. The van der Waals surface area contributed by atoms with Crippen LogP contribution in [0.25, 0.3) is 31.1 Å². The molecule has 0 aliphatic heterocycles. The van der Waals surface area contributed by atoms with Gasteiger partial charge in [-0.3, -0.25) is 0 Å². The molecule has 17 heavy (non-hydrogen) atoms. The first kappa shape index (κ1) is 9.07. The lowest BCUT2D eigenvalue weighted by Gasteiger charge is -1.97. The maximum absolute atomic E-state index is 4.43. The van der Waals surface area contributed by atoms with Gasteiger partial charge in [0.25, 0.3) is 0 Å². The minimum absolute atomic E-state index is 1.05. The van der Waals surface area contributed by atoms with Gasteiger partial charge in [-0.15, -0.1) is 11.3 Å². The summed E-state index contributed by atoms with van der Waals surface area (Å²) in [7, 11) is 0. The Morgan fingerprint density at radius 1 is 0.941 bits per heavy atom. The molecule has 0 bridgehead atoms. The fourth-order valence-electron chi connectivity index (χ4n) is 2.26. The van der Waals surface area contributed by atoms with Crippen molar-refractivity contribution in [3.63, 3.8) is 0 Å². The molecule has 0 amide bonds. The Bertz CT molecular complexity index is 842. The zero-order valence-corrected chi connectivity index (χ0v) is 9.74. The van der Waals surface area contributed by atoms with E-state index >= 15 is 0 Å². The van der Waals surface area contributed by atoms with Gasteiger partial charge in [-0.2, -0.15) is 0 Å². The van der Waals surface area contributed by atoms with E-state index in [-0.39, 0.29) is 0 Å². The molecule has 2 heterocycles. The third kappa shape index (κ3) is 1.20. The van der Waals surface area contributed by atoms with Gasteiger partial charge in [0.1, 0.15) is 6.33 Å². The van der Waals surface area contributed by atoms with E-state index in [0.29, 0.717) is 0 Å². The molecule has 0 N–H and O–H groups in total. The lowest BCUT2D eigenvalue weighted by atomic mass is 10.1. The molecule has 2 aromatic carbocycles. The van der Waals surface area contributed by atoms with E-state index in [9.17, 15) is 0 Å². The summed E-state index contributed by atoms with van der Waals surface area (Å²) in [5.41, 5.74) is 1.05. The van der Waals surface area contributed by atoms with Crippen LogP contribution in [0.2, 0.25) is 0 Å². The van der Waals surface area contributed by atoms with Crippen molar-refractivity contribution in [1.82, 2.24) is 9.97 Å². The molecule has 0 atom stereocenters. The van der Waals surface area contributed by atoms with Crippen molar-refractivity contribution in [1.29, 1.82) is 0 Å². The van der Waals surface area contributed by atoms with Crippen molar-refractivity contribution in [2.45, 2.75) is 0 Å². The quantitative estimate of drug-likeness (QED) is 0.461. The van der Waals surface area contributed by atoms with E-state index in [4.69, 9.17) is 0 Å². The average molecular weight is 236 g/mol. The number of aromatic nitrogens is 2. The third-order valence-electron chi connectivity index (χ3n) is 3.01. The van der Waals surface area contributed by atoms with Gasteiger partial charge in [0, 0.05) is 31.8 Å². The molecule has 0 aliphatic carbocycles. The fourth-order valence-corrected chi connectivity index (χ4v) is 3.37. The van der Waals surface area contributed by atoms with Crippen LogP contribution >= 0.6 is 11.3 Å². The second-order valence-corrected chi connectivity index (χ2v) is 5.08. The molecule has 0 aliphatic rings. The third-order valence-corrected chi connectivity index (χ3v) is 4.15. The van der Waals surface area contributed by atoms with Crippen LogP contribution in [0.15, 0.2) is 48.9 Å². The first-order valence-electron chi connectivity index (χ1n) is 5.43. The van der Waals surface area contributed by atoms with E-state index in [0.717, 1.165) is 10.9 Å². The summed E-state index contributed by atoms with van der Waals surface area (Å²) in [5, 5.41) is 3.64. The van der Waals surface area contributed by atoms with Crippen molar-refractivity contribution >= 4 is 42.4 Å². The molecular weight excluding hydrogens is 228 g/mol. The molecule has 3 heteroatoms. The zero-order valence-electron chi connectivity index (χ0n) is 8.92. The van der Waals surface area contributed by atoms with Crippen molar-refractivity contribution in [3.8, 4) is 0 Å². The first-order valence-corrected chi connectivity index (χ1v) is 6.25. The van der Waals surface area contributed by atoms with Crippen LogP contribution in [0, 0.1) is 0 Å². The van der Waals surface area contributed by atoms with Gasteiger partial charge in [-0.1, -0.05) is 18.2 Å². The Hall–Kier alpha value is -2.00. The molecule has 80 valence electrons. The van der Waals surface area contributed by atoms with Gasteiger partial charge in [0.2, 0.25) is 0 Å². The van der Waals surface area contributed by atoms with Crippen LogP contribution in [0.4, 0.5) is 0 Å². The smallest absolute Gasteiger partial charge is 0.116 e. The zero-order chi connectivity index (χ0) is 11.2. The highest BCUT2D eigenvalue weighted by Gasteiger charge is 2.08. The fraction of sp³-hybridized carbons (Fsp3) is 0. The largest absolute Gasteiger partial charge is 0.244 e. The van der Waals surface area contributed by atoms with Crippen molar-refractivity contribution in [3.05, 3.63) is 48.9 Å². The van der Waals surface area contributed by atoms with Crippen LogP contribution in [0.5, 0.6) is 0 Å². The molecule has 0 fully saturated rings. The summed E-state index contributed by atoms with van der Waals surface area (Å²) in [4.78, 5) is 8.50. The predicted octanol–water partition coefficient (Wildman–Crippen LogP) is 4.00. The molecule has 0 radical (unpaired) electrons. The summed E-state index contributed by atoms with van der Waals surface area (Å²) in [5.74, 6) is 0. The molecule has 2 nitrogen and oxygen atoms in total. The minimum Gasteiger partial charge on any atom is -0.244 e. The molecule has 0 saturated heterocycles. The maximum atomic E-state index is 4.43. The van der Waals surface area contributed by atoms with Crippen LogP contribution in [0.1, 0.15) is 0 Å². The number of thiophene rings is 1. The van der Waals surface area contributed by atoms with E-state index in [1.165, 1.54) is 20.2 Å². The summed E-state index contributed by atoms with van der Waals surface area (Å²) in [6, 6.07) is 12.7. The number of rotatable bonds is 0. The average Bonchev–Trinajstić information content (AvgIpc) is 2.77. The van der Waals surface area contributed by atoms with Crippen LogP contribution in [-0.2, 0) is 0 Å². The highest BCUT2D eigenvalue weighted by atomic mass is 32.1. The van der Waals surface area contributed by atoms with E-state index < -0.39 is 0 Å². The molecule has 4 aromatic rings. The van der Waals surface area contributed by atoms with Crippen molar-refractivity contribution in [2.75, 3.05) is 0 Å². The normalized spacial score (nSPS) is 11.5. The predicted molar refractivity (Wildman–Crippen MR) is 72.4 cm³/mol. The highest BCUT2D eigenvalue weighted by Crippen LogP contribution is 2.36. The molecule has 0 unspecified atom stereocenters. The second-order valence-electron chi connectivity index (χ2n) is 4.00. The van der Waals surface area contributed by atoms with Crippen LogP contribution in [0.3, 0.4) is 0 Å². The Labute approximate surface area is 102 Å². The second kappa shape index (κ2) is 3.25. The molecule has 0 saturated carbocycles. The molecule has 2 aromatic heterocycles. The van der Waals surface area contributed by atoms with E-state index in [1.54, 1.807) is 6.33 Å². The summed E-state index contributed by atoms with van der Waals surface area (Å²) >= 11 is 1.82. The lowest BCUT2D eigenvalue weighted by molar-refractivity contribution is 1.23. The minimum atomic E-state index is 1.05. The first-order chi connectivity index (χ1) is 8.43. The lowest BCUT2D eigenvalue weighted by Crippen LogP contribution is -1.80. The summed E-state index contributed by atoms with van der Waals surface area (Å²) in [6.07, 6.45) is 3.49. The molecular formula is C14H8N2S. The summed E-state index contributed by atoms with van der Waals surface area (Å²) in [6.45, 7) is 0. The number of nitrogens with zero attached hydrogens (tertiary/aromatic N) is 2. The van der Waals surface area contributed by atoms with Gasteiger partial charge in [0.15, 0.2) is 0 Å². The molecule has 0 spiro atoms. The Morgan fingerprint density at radius 3 is 2.88 bits per heavy atom. The van der Waals surface area contributed by atoms with Crippen molar-refractivity contribution < 1.29 is 0 Å². The van der Waals surface area contributed by atoms with Crippen LogP contribution in [-0.4, -0.2) is 9.97 Å². The number of hydrogen-bond acceptors (Lipinski definition) is 3. The maximum Gasteiger partial charge on any atom is 0.116 e. The molecule has 4 rings (SSSR count). The van der Waals surface area contributed by atoms with E-state index in [2.05, 4.69) is 46.4 Å². The topological polar surface area (TPSA) is 25.8 Å². The SMILES string of the molecule is c1ccc2c(c1)sc1ccc3cncnc3c12. The van der Waals surface area contributed by atoms with E-state index in [1.807, 2.05) is 17.5 Å². The number of benzene rings is 2. The van der Waals surface area contributed by atoms with Crippen LogP contribution < -0.4 is 0 Å². The Kier molecular flexibility index (Phi) is 1.73. The number of fused-ring (bicyclic) bond motifs is 5. The Balaban J connectivity index is 2.38. The van der Waals surface area contributed by atoms with Gasteiger partial charge < -0.3 is 0 Å². The van der Waals surface area contributed by atoms with Gasteiger partial charge in [0.05, 0.1) is 5.52 Å². The van der Waals surface area contributed by atoms with Crippen molar-refractivity contribution in [2.24, 2.45) is 0 Å². The monoisotopic (exact) mass is 236 g/mol. The van der Waals surface area contributed by atoms with Gasteiger partial charge >= 0.3 is 0 Å².